The van der Waals surface area contributed by atoms with E-state index >= 15 is 0 Å². The van der Waals surface area contributed by atoms with Crippen LogP contribution in [0, 0.1) is 20.8 Å². The number of amides is 1. The summed E-state index contributed by atoms with van der Waals surface area (Å²) in [5.74, 6) is -0.00352. The van der Waals surface area contributed by atoms with Gasteiger partial charge in [-0.3, -0.25) is 4.79 Å². The van der Waals surface area contributed by atoms with Gasteiger partial charge in [-0.15, -0.1) is 12.4 Å². The number of H-pyrrole nitrogens is 1. The maximum absolute atomic E-state index is 12.4. The molecule has 3 rings (SSSR count). The third-order valence-corrected chi connectivity index (χ3v) is 4.52. The Morgan fingerprint density at radius 1 is 1.27 bits per heavy atom. The molecule has 2 aromatic rings. The highest BCUT2D eigenvalue weighted by Gasteiger charge is 2.19. The molecule has 1 aromatic heterocycles. The van der Waals surface area contributed by atoms with E-state index in [4.69, 9.17) is 0 Å². The summed E-state index contributed by atoms with van der Waals surface area (Å²) in [6, 6.07) is 4.63. The van der Waals surface area contributed by atoms with Gasteiger partial charge in [0.25, 0.3) is 5.91 Å². The van der Waals surface area contributed by atoms with E-state index in [1.807, 2.05) is 6.92 Å². The van der Waals surface area contributed by atoms with Crippen LogP contribution in [-0.2, 0) is 0 Å². The molecule has 0 spiro atoms. The van der Waals surface area contributed by atoms with Crippen molar-refractivity contribution >= 4 is 29.2 Å². The lowest BCUT2D eigenvalue weighted by Gasteiger charge is -2.11. The predicted octanol–water partition coefficient (Wildman–Crippen LogP) is 3.00. The van der Waals surface area contributed by atoms with Gasteiger partial charge in [0.05, 0.1) is 0 Å². The number of aromatic nitrogens is 1. The zero-order chi connectivity index (χ0) is 15.0. The molecular formula is C17H24ClN3O. The number of hydrogen-bond acceptors (Lipinski definition) is 2. The Bertz CT molecular complexity index is 687. The van der Waals surface area contributed by atoms with Gasteiger partial charge in [0.15, 0.2) is 0 Å². The lowest BCUT2D eigenvalue weighted by atomic mass is 10.0. The summed E-state index contributed by atoms with van der Waals surface area (Å²) in [5.41, 5.74) is 5.20. The molecular weight excluding hydrogens is 298 g/mol. The number of fused-ring (bicyclic) bond motifs is 1. The van der Waals surface area contributed by atoms with Crippen molar-refractivity contribution in [3.05, 3.63) is 34.5 Å². The van der Waals surface area contributed by atoms with Gasteiger partial charge in [-0.25, -0.2) is 0 Å². The van der Waals surface area contributed by atoms with Crippen molar-refractivity contribution in [1.29, 1.82) is 0 Å². The van der Waals surface area contributed by atoms with Crippen LogP contribution in [0.1, 0.15) is 40.0 Å². The quantitative estimate of drug-likeness (QED) is 0.814. The van der Waals surface area contributed by atoms with E-state index in [1.54, 1.807) is 0 Å². The SMILES string of the molecule is Cc1ccc(C)c2c(C)c(C(=O)NCC3CCCN3)[nH]c12.Cl. The first kappa shape index (κ1) is 16.8. The van der Waals surface area contributed by atoms with Crippen LogP contribution in [0.4, 0.5) is 0 Å². The zero-order valence-electron chi connectivity index (χ0n) is 13.4. The van der Waals surface area contributed by atoms with Crippen molar-refractivity contribution in [3.8, 4) is 0 Å². The highest BCUT2D eigenvalue weighted by molar-refractivity contribution is 6.02. The molecule has 1 fully saturated rings. The number of carbonyl (C=O) groups excluding carboxylic acids is 1. The van der Waals surface area contributed by atoms with Crippen LogP contribution in [0.2, 0.25) is 0 Å². The fraction of sp³-hybridized carbons (Fsp3) is 0.471. The van der Waals surface area contributed by atoms with Crippen LogP contribution in [0.25, 0.3) is 10.9 Å². The van der Waals surface area contributed by atoms with Crippen LogP contribution in [0.5, 0.6) is 0 Å². The molecule has 0 radical (unpaired) electrons. The maximum Gasteiger partial charge on any atom is 0.268 e. The third kappa shape index (κ3) is 2.99. The molecule has 3 N–H and O–H groups in total. The fourth-order valence-corrected chi connectivity index (χ4v) is 3.26. The molecule has 0 saturated carbocycles. The molecule has 4 nitrogen and oxygen atoms in total. The Hall–Kier alpha value is -1.52. The van der Waals surface area contributed by atoms with Gasteiger partial charge in [0, 0.05) is 23.5 Å². The van der Waals surface area contributed by atoms with Gasteiger partial charge in [-0.1, -0.05) is 12.1 Å². The van der Waals surface area contributed by atoms with E-state index in [1.165, 1.54) is 22.9 Å². The number of rotatable bonds is 3. The first-order chi connectivity index (χ1) is 10.1. The lowest BCUT2D eigenvalue weighted by Crippen LogP contribution is -2.37. The van der Waals surface area contributed by atoms with Crippen LogP contribution in [-0.4, -0.2) is 30.0 Å². The zero-order valence-corrected chi connectivity index (χ0v) is 14.2. The van der Waals surface area contributed by atoms with Crippen LogP contribution in [0.3, 0.4) is 0 Å². The van der Waals surface area contributed by atoms with Crippen molar-refractivity contribution < 1.29 is 4.79 Å². The summed E-state index contributed by atoms with van der Waals surface area (Å²) in [6.07, 6.45) is 2.34. The molecule has 22 heavy (non-hydrogen) atoms. The van der Waals surface area contributed by atoms with Crippen molar-refractivity contribution in [3.63, 3.8) is 0 Å². The van der Waals surface area contributed by atoms with Crippen molar-refractivity contribution in [2.75, 3.05) is 13.1 Å². The highest BCUT2D eigenvalue weighted by Crippen LogP contribution is 2.27. The topological polar surface area (TPSA) is 56.9 Å². The van der Waals surface area contributed by atoms with E-state index in [-0.39, 0.29) is 18.3 Å². The highest BCUT2D eigenvalue weighted by atomic mass is 35.5. The molecule has 1 unspecified atom stereocenters. The Morgan fingerprint density at radius 2 is 2.00 bits per heavy atom. The second-order valence-corrected chi connectivity index (χ2v) is 6.08. The first-order valence-electron chi connectivity index (χ1n) is 7.68. The predicted molar refractivity (Wildman–Crippen MR) is 93.1 cm³/mol. The number of carbonyl (C=O) groups is 1. The summed E-state index contributed by atoms with van der Waals surface area (Å²) in [4.78, 5) is 15.8. The smallest absolute Gasteiger partial charge is 0.268 e. The molecule has 0 bridgehead atoms. The van der Waals surface area contributed by atoms with E-state index < -0.39 is 0 Å². The summed E-state index contributed by atoms with van der Waals surface area (Å²) in [5, 5.41) is 7.63. The van der Waals surface area contributed by atoms with E-state index in [0.29, 0.717) is 18.3 Å². The Morgan fingerprint density at radius 3 is 2.64 bits per heavy atom. The summed E-state index contributed by atoms with van der Waals surface area (Å²) >= 11 is 0. The van der Waals surface area contributed by atoms with Gasteiger partial charge in [0.2, 0.25) is 0 Å². The second kappa shape index (κ2) is 6.71. The summed E-state index contributed by atoms with van der Waals surface area (Å²) in [6.45, 7) is 7.94. The summed E-state index contributed by atoms with van der Waals surface area (Å²) < 4.78 is 0. The molecule has 1 saturated heterocycles. The minimum absolute atomic E-state index is 0. The molecule has 5 heteroatoms. The summed E-state index contributed by atoms with van der Waals surface area (Å²) in [7, 11) is 0. The largest absolute Gasteiger partial charge is 0.350 e. The molecule has 1 atom stereocenters. The molecule has 1 aromatic carbocycles. The minimum atomic E-state index is -0.00352. The van der Waals surface area contributed by atoms with Crippen LogP contribution < -0.4 is 10.6 Å². The van der Waals surface area contributed by atoms with Gasteiger partial charge >= 0.3 is 0 Å². The average molecular weight is 322 g/mol. The number of nitrogens with one attached hydrogen (secondary N) is 3. The minimum Gasteiger partial charge on any atom is -0.350 e. The molecule has 120 valence electrons. The molecule has 1 aliphatic rings. The number of hydrogen-bond donors (Lipinski definition) is 3. The Kier molecular flexibility index (Phi) is 5.14. The molecule has 2 heterocycles. The van der Waals surface area contributed by atoms with E-state index in [2.05, 4.69) is 41.6 Å². The monoisotopic (exact) mass is 321 g/mol. The standard InChI is InChI=1S/C17H23N3O.ClH/c1-10-6-7-11(2)15-14(10)12(3)16(20-15)17(21)19-9-13-5-4-8-18-13;/h6-7,13,18,20H,4-5,8-9H2,1-3H3,(H,19,21);1H. The average Bonchev–Trinajstić information content (AvgIpc) is 3.09. The Balaban J connectivity index is 0.00000176. The second-order valence-electron chi connectivity index (χ2n) is 6.08. The van der Waals surface area contributed by atoms with E-state index in [0.717, 1.165) is 24.0 Å². The maximum atomic E-state index is 12.4. The molecule has 1 amide bonds. The van der Waals surface area contributed by atoms with Gasteiger partial charge < -0.3 is 15.6 Å². The van der Waals surface area contributed by atoms with Crippen molar-refractivity contribution in [1.82, 2.24) is 15.6 Å². The van der Waals surface area contributed by atoms with Gasteiger partial charge in [0.1, 0.15) is 5.69 Å². The fourth-order valence-electron chi connectivity index (χ4n) is 3.26. The normalized spacial score (nSPS) is 17.5. The first-order valence-corrected chi connectivity index (χ1v) is 7.68. The lowest BCUT2D eigenvalue weighted by molar-refractivity contribution is 0.0945. The number of aromatic amines is 1. The van der Waals surface area contributed by atoms with Crippen molar-refractivity contribution in [2.24, 2.45) is 0 Å². The number of halogens is 1. The van der Waals surface area contributed by atoms with Crippen molar-refractivity contribution in [2.45, 2.75) is 39.7 Å². The van der Waals surface area contributed by atoms with E-state index in [9.17, 15) is 4.79 Å². The molecule has 1 aliphatic heterocycles. The van der Waals surface area contributed by atoms with Gasteiger partial charge in [-0.2, -0.15) is 0 Å². The molecule has 0 aliphatic carbocycles. The third-order valence-electron chi connectivity index (χ3n) is 4.52. The van der Waals surface area contributed by atoms with Crippen LogP contribution in [0.15, 0.2) is 12.1 Å². The number of aryl methyl sites for hydroxylation is 3. The van der Waals surface area contributed by atoms with Gasteiger partial charge in [-0.05, 0) is 56.8 Å². The van der Waals surface area contributed by atoms with Crippen LogP contribution >= 0.6 is 12.4 Å². The number of benzene rings is 1. The Labute approximate surface area is 137 Å².